The Hall–Kier alpha value is -1.47. The van der Waals surface area contributed by atoms with E-state index in [4.69, 9.17) is 4.74 Å². The quantitative estimate of drug-likeness (QED) is 0.587. The molecule has 7 heteroatoms. The number of hydrogen-bond acceptors (Lipinski definition) is 7. The van der Waals surface area contributed by atoms with Gasteiger partial charge in [0.15, 0.2) is 16.6 Å². The van der Waals surface area contributed by atoms with Crippen molar-refractivity contribution in [2.24, 2.45) is 5.41 Å². The van der Waals surface area contributed by atoms with Gasteiger partial charge < -0.3 is 14.8 Å². The lowest BCUT2D eigenvalue weighted by Gasteiger charge is -2.24. The average Bonchev–Trinajstić information content (AvgIpc) is 2.87. The molecule has 1 heterocycles. The zero-order chi connectivity index (χ0) is 16.0. The van der Waals surface area contributed by atoms with E-state index in [1.807, 2.05) is 0 Å². The van der Waals surface area contributed by atoms with E-state index in [9.17, 15) is 9.59 Å². The fourth-order valence-corrected chi connectivity index (χ4v) is 2.50. The summed E-state index contributed by atoms with van der Waals surface area (Å²) in [5.41, 5.74) is 0.0935. The van der Waals surface area contributed by atoms with E-state index in [1.54, 1.807) is 7.11 Å². The first-order valence-corrected chi connectivity index (χ1v) is 7.45. The topological polar surface area (TPSA) is 77.5 Å². The fraction of sp³-hybridized carbons (Fsp3) is 0.643. The van der Waals surface area contributed by atoms with Crippen LogP contribution in [0.25, 0.3) is 0 Å². The van der Waals surface area contributed by atoms with Gasteiger partial charge in [0.05, 0.1) is 7.11 Å². The van der Waals surface area contributed by atoms with Crippen molar-refractivity contribution in [2.75, 3.05) is 32.7 Å². The minimum atomic E-state index is -0.594. The molecule has 0 saturated carbocycles. The Balaban J connectivity index is 2.81. The smallest absolute Gasteiger partial charge is 0.358 e. The van der Waals surface area contributed by atoms with Crippen LogP contribution in [0.1, 0.15) is 47.4 Å². The molecule has 6 nitrogen and oxygen atoms in total. The van der Waals surface area contributed by atoms with Crippen molar-refractivity contribution in [3.05, 3.63) is 10.6 Å². The Morgan fingerprint density at radius 2 is 2.00 bits per heavy atom. The second-order valence-corrected chi connectivity index (χ2v) is 6.50. The predicted octanol–water partition coefficient (Wildman–Crippen LogP) is 2.61. The number of nitrogens with zero attached hydrogens (tertiary/aromatic N) is 1. The molecule has 1 N–H and O–H groups in total. The number of esters is 1. The molecule has 0 aromatic carbocycles. The molecule has 0 aliphatic rings. The molecular formula is C14H22N2O4S. The van der Waals surface area contributed by atoms with Crippen LogP contribution in [0.5, 0.6) is 0 Å². The van der Waals surface area contributed by atoms with Gasteiger partial charge >= 0.3 is 5.97 Å². The number of hydrogen-bond donors (Lipinski definition) is 1. The predicted molar refractivity (Wildman–Crippen MR) is 82.2 cm³/mol. The molecule has 1 rings (SSSR count). The lowest BCUT2D eigenvalue weighted by molar-refractivity contribution is 0.0591. The minimum absolute atomic E-state index is 0.0174. The Morgan fingerprint density at radius 1 is 1.33 bits per heavy atom. The first-order valence-electron chi connectivity index (χ1n) is 6.63. The van der Waals surface area contributed by atoms with Gasteiger partial charge in [0, 0.05) is 27.2 Å². The highest BCUT2D eigenvalue weighted by Crippen LogP contribution is 2.27. The normalized spacial score (nSPS) is 11.3. The molecule has 0 spiro atoms. The van der Waals surface area contributed by atoms with Crippen LogP contribution in [0.4, 0.5) is 5.13 Å². The molecule has 0 bridgehead atoms. The summed E-state index contributed by atoms with van der Waals surface area (Å²) >= 11 is 1.17. The number of carbonyl (C=O) groups excluding carboxylic acids is 2. The van der Waals surface area contributed by atoms with E-state index < -0.39 is 5.97 Å². The summed E-state index contributed by atoms with van der Waals surface area (Å²) in [6.07, 6.45) is 0.894. The summed E-state index contributed by atoms with van der Waals surface area (Å²) < 4.78 is 9.73. The molecule has 0 aliphatic heterocycles. The van der Waals surface area contributed by atoms with Gasteiger partial charge in [-0.05, 0) is 11.8 Å². The summed E-state index contributed by atoms with van der Waals surface area (Å²) in [7, 11) is 2.94. The highest BCUT2D eigenvalue weighted by molar-refractivity contribution is 7.17. The number of carbonyl (C=O) groups is 2. The van der Waals surface area contributed by atoms with E-state index >= 15 is 0 Å². The van der Waals surface area contributed by atoms with Gasteiger partial charge in [0.25, 0.3) is 0 Å². The van der Waals surface area contributed by atoms with Crippen molar-refractivity contribution >= 4 is 28.2 Å². The van der Waals surface area contributed by atoms with E-state index in [0.29, 0.717) is 23.2 Å². The Labute approximate surface area is 128 Å². The van der Waals surface area contributed by atoms with Gasteiger partial charge in [-0.15, -0.1) is 0 Å². The molecular weight excluding hydrogens is 292 g/mol. The van der Waals surface area contributed by atoms with Crippen molar-refractivity contribution in [3.8, 4) is 0 Å². The standard InChI is InChI=1S/C14H22N2O4S/c1-9(17)11-10(12(18)20-5)16-13(21-11)15-8-14(2,3)6-7-19-4/h6-8H2,1-5H3,(H,15,16). The van der Waals surface area contributed by atoms with E-state index in [2.05, 4.69) is 28.9 Å². The number of methoxy groups -OCH3 is 2. The number of anilines is 1. The second-order valence-electron chi connectivity index (χ2n) is 5.51. The largest absolute Gasteiger partial charge is 0.464 e. The van der Waals surface area contributed by atoms with Crippen LogP contribution in [0.15, 0.2) is 0 Å². The molecule has 0 atom stereocenters. The number of ether oxygens (including phenoxy) is 2. The van der Waals surface area contributed by atoms with Gasteiger partial charge in [-0.1, -0.05) is 25.2 Å². The third kappa shape index (κ3) is 5.09. The van der Waals surface area contributed by atoms with Crippen LogP contribution in [0.2, 0.25) is 0 Å². The first kappa shape index (κ1) is 17.6. The van der Waals surface area contributed by atoms with Crippen LogP contribution in [0, 0.1) is 5.41 Å². The van der Waals surface area contributed by atoms with Crippen molar-refractivity contribution in [2.45, 2.75) is 27.2 Å². The van der Waals surface area contributed by atoms with Gasteiger partial charge in [-0.25, -0.2) is 9.78 Å². The molecule has 1 aromatic heterocycles. The minimum Gasteiger partial charge on any atom is -0.464 e. The maximum atomic E-state index is 11.6. The molecule has 1 aromatic rings. The van der Waals surface area contributed by atoms with Crippen LogP contribution in [0.3, 0.4) is 0 Å². The monoisotopic (exact) mass is 314 g/mol. The molecule has 0 amide bonds. The average molecular weight is 314 g/mol. The molecule has 0 saturated heterocycles. The van der Waals surface area contributed by atoms with Crippen LogP contribution >= 0.6 is 11.3 Å². The summed E-state index contributed by atoms with van der Waals surface area (Å²) in [6, 6.07) is 0. The lowest BCUT2D eigenvalue weighted by atomic mass is 9.90. The Morgan fingerprint density at radius 3 is 2.52 bits per heavy atom. The van der Waals surface area contributed by atoms with E-state index in [-0.39, 0.29) is 16.9 Å². The van der Waals surface area contributed by atoms with Gasteiger partial charge in [0.2, 0.25) is 0 Å². The Kier molecular flexibility index (Phi) is 6.29. The molecule has 0 aliphatic carbocycles. The number of nitrogens with one attached hydrogen (secondary N) is 1. The maximum Gasteiger partial charge on any atom is 0.358 e. The molecule has 21 heavy (non-hydrogen) atoms. The first-order chi connectivity index (χ1) is 9.80. The molecule has 0 fully saturated rings. The number of rotatable bonds is 8. The summed E-state index contributed by atoms with van der Waals surface area (Å²) in [5, 5.41) is 3.73. The van der Waals surface area contributed by atoms with Crippen LogP contribution < -0.4 is 5.32 Å². The van der Waals surface area contributed by atoms with Crippen molar-refractivity contribution in [1.29, 1.82) is 0 Å². The fourth-order valence-electron chi connectivity index (χ4n) is 1.65. The second kappa shape index (κ2) is 7.51. The molecule has 0 radical (unpaired) electrons. The Bertz CT molecular complexity index is 511. The van der Waals surface area contributed by atoms with Crippen LogP contribution in [-0.2, 0) is 9.47 Å². The van der Waals surface area contributed by atoms with Crippen LogP contribution in [-0.4, -0.2) is 44.1 Å². The number of thiazole rings is 1. The summed E-state index contributed by atoms with van der Waals surface area (Å²) in [4.78, 5) is 27.7. The zero-order valence-electron chi connectivity index (χ0n) is 13.1. The van der Waals surface area contributed by atoms with Gasteiger partial charge in [0.1, 0.15) is 4.88 Å². The van der Waals surface area contributed by atoms with Gasteiger partial charge in [-0.2, -0.15) is 0 Å². The SMILES string of the molecule is COCCC(C)(C)CNc1nc(C(=O)OC)c(C(C)=O)s1. The maximum absolute atomic E-state index is 11.6. The molecule has 118 valence electrons. The van der Waals surface area contributed by atoms with Crippen molar-refractivity contribution < 1.29 is 19.1 Å². The van der Waals surface area contributed by atoms with Gasteiger partial charge in [-0.3, -0.25) is 4.79 Å². The summed E-state index contributed by atoms with van der Waals surface area (Å²) in [6.45, 7) is 6.98. The number of aromatic nitrogens is 1. The zero-order valence-corrected chi connectivity index (χ0v) is 13.9. The number of ketones is 1. The van der Waals surface area contributed by atoms with E-state index in [1.165, 1.54) is 25.4 Å². The summed E-state index contributed by atoms with van der Waals surface area (Å²) in [5.74, 6) is -0.789. The lowest BCUT2D eigenvalue weighted by Crippen LogP contribution is -2.24. The molecule has 0 unspecified atom stereocenters. The van der Waals surface area contributed by atoms with Crippen molar-refractivity contribution in [1.82, 2.24) is 4.98 Å². The highest BCUT2D eigenvalue weighted by atomic mass is 32.1. The third-order valence-corrected chi connectivity index (χ3v) is 4.14. The third-order valence-electron chi connectivity index (χ3n) is 3.03. The number of Topliss-reactive ketones (excluding diaryl/α,β-unsaturated/α-hetero) is 1. The van der Waals surface area contributed by atoms with E-state index in [0.717, 1.165) is 6.42 Å². The van der Waals surface area contributed by atoms with Crippen molar-refractivity contribution in [3.63, 3.8) is 0 Å². The highest BCUT2D eigenvalue weighted by Gasteiger charge is 2.23.